The molecule has 0 atom stereocenters. The van der Waals surface area contributed by atoms with Crippen molar-refractivity contribution in [2.45, 2.75) is 59.5 Å². The first-order valence-corrected chi connectivity index (χ1v) is 5.38. The van der Waals surface area contributed by atoms with Crippen LogP contribution >= 0.6 is 0 Å². The standard InChI is InChI=1S/C12H23NO/c1-6-12(4,5)14-9-7-8-11(2,3)10-13/h6-9H2,1-5H3. The lowest BCUT2D eigenvalue weighted by Crippen LogP contribution is -2.24. The van der Waals surface area contributed by atoms with Crippen molar-refractivity contribution in [1.82, 2.24) is 0 Å². The second kappa shape index (κ2) is 5.36. The third-order valence-electron chi connectivity index (χ3n) is 2.59. The molecule has 0 aromatic carbocycles. The number of rotatable bonds is 6. The molecule has 2 nitrogen and oxygen atoms in total. The van der Waals surface area contributed by atoms with E-state index in [4.69, 9.17) is 10.00 Å². The van der Waals surface area contributed by atoms with Crippen molar-refractivity contribution in [3.05, 3.63) is 0 Å². The summed E-state index contributed by atoms with van der Waals surface area (Å²) in [5, 5.41) is 8.81. The average Bonchev–Trinajstić information content (AvgIpc) is 2.13. The van der Waals surface area contributed by atoms with Crippen molar-refractivity contribution >= 4 is 0 Å². The van der Waals surface area contributed by atoms with Crippen LogP contribution in [0.1, 0.15) is 53.9 Å². The SMILES string of the molecule is CCC(C)(C)OCCCC(C)(C)C#N. The van der Waals surface area contributed by atoms with E-state index in [9.17, 15) is 0 Å². The zero-order valence-electron chi connectivity index (χ0n) is 10.2. The van der Waals surface area contributed by atoms with Crippen LogP contribution in [0.25, 0.3) is 0 Å². The Balaban J connectivity index is 3.63. The molecule has 0 spiro atoms. The van der Waals surface area contributed by atoms with Crippen LogP contribution in [0.15, 0.2) is 0 Å². The molecule has 0 aliphatic rings. The summed E-state index contributed by atoms with van der Waals surface area (Å²) in [6.07, 6.45) is 2.89. The molecule has 0 heterocycles. The van der Waals surface area contributed by atoms with Crippen LogP contribution in [0, 0.1) is 16.7 Å². The molecule has 0 amide bonds. The van der Waals surface area contributed by atoms with E-state index in [2.05, 4.69) is 26.8 Å². The molecular weight excluding hydrogens is 174 g/mol. The van der Waals surface area contributed by atoms with Crippen LogP contribution in [0.5, 0.6) is 0 Å². The topological polar surface area (TPSA) is 33.0 Å². The molecule has 0 saturated heterocycles. The molecule has 0 radical (unpaired) electrons. The molecule has 0 aromatic heterocycles. The van der Waals surface area contributed by atoms with Gasteiger partial charge in [-0.25, -0.2) is 0 Å². The molecule has 2 heteroatoms. The fraction of sp³-hybridized carbons (Fsp3) is 0.917. The minimum Gasteiger partial charge on any atom is -0.376 e. The van der Waals surface area contributed by atoms with E-state index in [1.165, 1.54) is 0 Å². The third-order valence-corrected chi connectivity index (χ3v) is 2.59. The quantitative estimate of drug-likeness (QED) is 0.610. The fourth-order valence-electron chi connectivity index (χ4n) is 1.02. The highest BCUT2D eigenvalue weighted by atomic mass is 16.5. The van der Waals surface area contributed by atoms with E-state index in [1.807, 2.05) is 13.8 Å². The minimum absolute atomic E-state index is 0.0171. The zero-order chi connectivity index (χ0) is 11.2. The summed E-state index contributed by atoms with van der Waals surface area (Å²) < 4.78 is 5.71. The van der Waals surface area contributed by atoms with Gasteiger partial charge in [0.15, 0.2) is 0 Å². The highest BCUT2D eigenvalue weighted by Gasteiger charge is 2.18. The Hall–Kier alpha value is -0.550. The summed E-state index contributed by atoms with van der Waals surface area (Å²) in [4.78, 5) is 0. The van der Waals surface area contributed by atoms with Crippen molar-refractivity contribution in [3.8, 4) is 6.07 Å². The second-order valence-corrected chi connectivity index (χ2v) is 5.06. The predicted molar refractivity (Wildman–Crippen MR) is 59.0 cm³/mol. The maximum Gasteiger partial charge on any atom is 0.0683 e. The van der Waals surface area contributed by atoms with E-state index < -0.39 is 0 Å². The lowest BCUT2D eigenvalue weighted by atomic mass is 9.90. The van der Waals surface area contributed by atoms with Crippen LogP contribution in [0.2, 0.25) is 0 Å². The summed E-state index contributed by atoms with van der Waals surface area (Å²) >= 11 is 0. The average molecular weight is 197 g/mol. The van der Waals surface area contributed by atoms with Crippen molar-refractivity contribution in [2.24, 2.45) is 5.41 Å². The molecule has 0 aromatic rings. The van der Waals surface area contributed by atoms with E-state index in [0.717, 1.165) is 25.9 Å². The molecule has 0 unspecified atom stereocenters. The van der Waals surface area contributed by atoms with E-state index in [0.29, 0.717) is 0 Å². The lowest BCUT2D eigenvalue weighted by Gasteiger charge is -2.24. The maximum absolute atomic E-state index is 8.81. The highest BCUT2D eigenvalue weighted by Crippen LogP contribution is 2.21. The van der Waals surface area contributed by atoms with Crippen molar-refractivity contribution < 1.29 is 4.74 Å². The Morgan fingerprint density at radius 3 is 2.21 bits per heavy atom. The van der Waals surface area contributed by atoms with Gasteiger partial charge < -0.3 is 4.74 Å². The number of ether oxygens (including phenoxy) is 1. The summed E-state index contributed by atoms with van der Waals surface area (Å²) in [6.45, 7) is 11.0. The number of hydrogen-bond acceptors (Lipinski definition) is 2. The Morgan fingerprint density at radius 1 is 1.21 bits per heavy atom. The van der Waals surface area contributed by atoms with Gasteiger partial charge in [0.2, 0.25) is 0 Å². The van der Waals surface area contributed by atoms with Gasteiger partial charge in [-0.1, -0.05) is 6.92 Å². The molecular formula is C12H23NO. The first-order chi connectivity index (χ1) is 6.33. The lowest BCUT2D eigenvalue weighted by molar-refractivity contribution is -0.0232. The molecule has 0 aliphatic heterocycles. The monoisotopic (exact) mass is 197 g/mol. The van der Waals surface area contributed by atoms with Gasteiger partial charge in [-0.15, -0.1) is 0 Å². The van der Waals surface area contributed by atoms with Gasteiger partial charge in [0.05, 0.1) is 17.1 Å². The summed E-state index contributed by atoms with van der Waals surface area (Å²) in [7, 11) is 0. The van der Waals surface area contributed by atoms with E-state index in [1.54, 1.807) is 0 Å². The molecule has 0 rings (SSSR count). The van der Waals surface area contributed by atoms with Gasteiger partial charge >= 0.3 is 0 Å². The number of nitrogens with zero attached hydrogens (tertiary/aromatic N) is 1. The van der Waals surface area contributed by atoms with Gasteiger partial charge in [-0.05, 0) is 47.0 Å². The van der Waals surface area contributed by atoms with Crippen LogP contribution in [-0.4, -0.2) is 12.2 Å². The second-order valence-electron chi connectivity index (χ2n) is 5.06. The van der Waals surface area contributed by atoms with Crippen LogP contribution < -0.4 is 0 Å². The Labute approximate surface area is 88.3 Å². The summed E-state index contributed by atoms with van der Waals surface area (Å²) in [6, 6.07) is 2.30. The molecule has 14 heavy (non-hydrogen) atoms. The van der Waals surface area contributed by atoms with Crippen LogP contribution in [0.4, 0.5) is 0 Å². The molecule has 0 fully saturated rings. The highest BCUT2D eigenvalue weighted by molar-refractivity contribution is 4.91. The van der Waals surface area contributed by atoms with Crippen LogP contribution in [0.3, 0.4) is 0 Å². The molecule has 0 bridgehead atoms. The number of hydrogen-bond donors (Lipinski definition) is 0. The van der Waals surface area contributed by atoms with Gasteiger partial charge in [0, 0.05) is 6.61 Å². The minimum atomic E-state index is -0.209. The third kappa shape index (κ3) is 5.99. The first-order valence-electron chi connectivity index (χ1n) is 5.38. The van der Waals surface area contributed by atoms with Gasteiger partial charge in [-0.3, -0.25) is 0 Å². The number of nitriles is 1. The van der Waals surface area contributed by atoms with Crippen molar-refractivity contribution in [1.29, 1.82) is 5.26 Å². The Bertz CT molecular complexity index is 201. The maximum atomic E-state index is 8.81. The predicted octanol–water partition coefficient (Wildman–Crippen LogP) is 3.52. The van der Waals surface area contributed by atoms with Crippen LogP contribution in [-0.2, 0) is 4.74 Å². The van der Waals surface area contributed by atoms with Gasteiger partial charge in [0.25, 0.3) is 0 Å². The molecule has 0 aliphatic carbocycles. The van der Waals surface area contributed by atoms with Gasteiger partial charge in [0.1, 0.15) is 0 Å². The first kappa shape index (κ1) is 13.4. The fourth-order valence-corrected chi connectivity index (χ4v) is 1.02. The summed E-state index contributed by atoms with van der Waals surface area (Å²) in [5.41, 5.74) is -0.226. The van der Waals surface area contributed by atoms with E-state index >= 15 is 0 Å². The Kier molecular flexibility index (Phi) is 5.15. The van der Waals surface area contributed by atoms with Crippen molar-refractivity contribution in [2.75, 3.05) is 6.61 Å². The molecule has 0 N–H and O–H groups in total. The summed E-state index contributed by atoms with van der Waals surface area (Å²) in [5.74, 6) is 0. The molecule has 82 valence electrons. The van der Waals surface area contributed by atoms with E-state index in [-0.39, 0.29) is 11.0 Å². The molecule has 0 saturated carbocycles. The normalized spacial score (nSPS) is 12.6. The van der Waals surface area contributed by atoms with Crippen molar-refractivity contribution in [3.63, 3.8) is 0 Å². The zero-order valence-corrected chi connectivity index (χ0v) is 10.2. The smallest absolute Gasteiger partial charge is 0.0683 e. The largest absolute Gasteiger partial charge is 0.376 e. The van der Waals surface area contributed by atoms with Gasteiger partial charge in [-0.2, -0.15) is 5.26 Å². The Morgan fingerprint density at radius 2 is 1.79 bits per heavy atom.